The molecule has 2 rings (SSSR count). The van der Waals surface area contributed by atoms with E-state index in [0.29, 0.717) is 0 Å². The second-order valence-corrected chi connectivity index (χ2v) is 4.49. The van der Waals surface area contributed by atoms with Crippen molar-refractivity contribution in [3.8, 4) is 0 Å². The predicted octanol–water partition coefficient (Wildman–Crippen LogP) is -3.27. The lowest BCUT2D eigenvalue weighted by Gasteiger charge is -2.18. The Labute approximate surface area is 113 Å². The third-order valence-electron chi connectivity index (χ3n) is 3.25. The molecule has 9 nitrogen and oxygen atoms in total. The van der Waals surface area contributed by atoms with Gasteiger partial charge in [0.1, 0.15) is 23.8 Å². The number of ether oxygens (including phenoxy) is 1. The van der Waals surface area contributed by atoms with E-state index >= 15 is 0 Å². The van der Waals surface area contributed by atoms with Crippen molar-refractivity contribution in [2.24, 2.45) is 0 Å². The maximum atomic E-state index is 12.2. The van der Waals surface area contributed by atoms with Crippen LogP contribution in [-0.4, -0.2) is 61.1 Å². The van der Waals surface area contributed by atoms with Crippen molar-refractivity contribution in [3.63, 3.8) is 0 Å². The Bertz CT molecular complexity index is 582. The van der Waals surface area contributed by atoms with E-state index in [1.165, 1.54) is 12.3 Å². The summed E-state index contributed by atoms with van der Waals surface area (Å²) in [6.07, 6.45) is -3.55. The fourth-order valence-electron chi connectivity index (χ4n) is 2.17. The Morgan fingerprint density at radius 1 is 1.30 bits per heavy atom. The topological polar surface area (TPSA) is 141 Å². The van der Waals surface area contributed by atoms with Crippen molar-refractivity contribution in [1.82, 2.24) is 9.13 Å². The molecule has 1 aliphatic rings. The summed E-state index contributed by atoms with van der Waals surface area (Å²) in [5.74, 6) is 0. The fourth-order valence-corrected chi connectivity index (χ4v) is 2.17. The van der Waals surface area contributed by atoms with E-state index in [4.69, 9.17) is 20.4 Å². The van der Waals surface area contributed by atoms with Crippen molar-refractivity contribution < 1.29 is 25.2 Å². The molecule has 20 heavy (non-hydrogen) atoms. The lowest BCUT2D eigenvalue weighted by Crippen LogP contribution is -2.43. The van der Waals surface area contributed by atoms with Crippen LogP contribution in [0, 0.1) is 5.41 Å². The summed E-state index contributed by atoms with van der Waals surface area (Å²) in [6.45, 7) is -0.865. The van der Waals surface area contributed by atoms with Crippen molar-refractivity contribution in [2.45, 2.75) is 31.1 Å². The van der Waals surface area contributed by atoms with Gasteiger partial charge in [-0.15, -0.1) is 0 Å². The van der Waals surface area contributed by atoms with Crippen LogP contribution < -0.4 is 11.2 Å². The zero-order valence-corrected chi connectivity index (χ0v) is 10.6. The number of hydrogen-bond donors (Lipinski definition) is 5. The Kier molecular flexibility index (Phi) is 4.35. The summed E-state index contributed by atoms with van der Waals surface area (Å²) < 4.78 is 7.28. The Morgan fingerprint density at radius 2 is 2.00 bits per heavy atom. The number of nitrogens with one attached hydrogen (secondary N) is 1. The van der Waals surface area contributed by atoms with Gasteiger partial charge in [-0.05, 0) is 6.07 Å². The van der Waals surface area contributed by atoms with Gasteiger partial charge >= 0.3 is 5.69 Å². The molecule has 0 amide bonds. The second-order valence-electron chi connectivity index (χ2n) is 4.49. The van der Waals surface area contributed by atoms with Crippen LogP contribution >= 0.6 is 0 Å². The van der Waals surface area contributed by atoms with Gasteiger partial charge in [0.15, 0.2) is 6.23 Å². The van der Waals surface area contributed by atoms with Gasteiger partial charge in [-0.3, -0.25) is 14.5 Å². The van der Waals surface area contributed by atoms with Gasteiger partial charge in [0, 0.05) is 6.20 Å². The molecule has 112 valence electrons. The van der Waals surface area contributed by atoms with Crippen molar-refractivity contribution in [1.29, 1.82) is 5.41 Å². The minimum absolute atomic E-state index is 0.0622. The smallest absolute Gasteiger partial charge is 0.331 e. The number of rotatable bonds is 4. The highest BCUT2D eigenvalue weighted by atomic mass is 16.6. The highest BCUT2D eigenvalue weighted by Crippen LogP contribution is 2.27. The van der Waals surface area contributed by atoms with Crippen LogP contribution in [0.1, 0.15) is 6.23 Å². The molecule has 9 heteroatoms. The normalized spacial score (nSPS) is 29.8. The molecule has 1 saturated heterocycles. The van der Waals surface area contributed by atoms with Gasteiger partial charge in [0.2, 0.25) is 0 Å². The van der Waals surface area contributed by atoms with Crippen LogP contribution in [0.3, 0.4) is 0 Å². The molecule has 5 N–H and O–H groups in total. The molecule has 1 aromatic rings. The van der Waals surface area contributed by atoms with Gasteiger partial charge in [-0.1, -0.05) is 0 Å². The van der Waals surface area contributed by atoms with Crippen molar-refractivity contribution >= 4 is 0 Å². The minimum Gasteiger partial charge on any atom is -0.395 e. The average Bonchev–Trinajstić information content (AvgIpc) is 2.71. The Hall–Kier alpha value is -1.52. The number of nitrogens with zero attached hydrogens (tertiary/aromatic N) is 2. The lowest BCUT2D eigenvalue weighted by molar-refractivity contribution is -0.0557. The highest BCUT2D eigenvalue weighted by Gasteiger charge is 2.43. The first-order valence-electron chi connectivity index (χ1n) is 6.11. The Morgan fingerprint density at radius 3 is 2.55 bits per heavy atom. The van der Waals surface area contributed by atoms with E-state index in [0.717, 1.165) is 9.13 Å². The first kappa shape index (κ1) is 14.9. The summed E-state index contributed by atoms with van der Waals surface area (Å²) in [5, 5.41) is 45.1. The van der Waals surface area contributed by atoms with E-state index in [-0.39, 0.29) is 18.6 Å². The molecule has 0 spiro atoms. The monoisotopic (exact) mass is 287 g/mol. The van der Waals surface area contributed by atoms with E-state index in [9.17, 15) is 15.0 Å². The standard InChI is InChI=1S/C11H17N3O6/c12-7-1-2-14(11(19)13(7)3-4-15)10-9(18)8(17)6(5-16)20-10/h1-2,6,8-10,12,15-18H,3-5H2/t6-,8-,9-,10-/m1/s1. The molecular weight excluding hydrogens is 270 g/mol. The third-order valence-corrected chi connectivity index (χ3v) is 3.25. The molecule has 0 bridgehead atoms. The maximum Gasteiger partial charge on any atom is 0.331 e. The number of hydrogen-bond acceptors (Lipinski definition) is 7. The van der Waals surface area contributed by atoms with E-state index < -0.39 is 36.8 Å². The summed E-state index contributed by atoms with van der Waals surface area (Å²) in [6, 6.07) is 1.31. The van der Waals surface area contributed by atoms with Crippen LogP contribution in [0.5, 0.6) is 0 Å². The maximum absolute atomic E-state index is 12.2. The van der Waals surface area contributed by atoms with Crippen molar-refractivity contribution in [2.75, 3.05) is 13.2 Å². The van der Waals surface area contributed by atoms with Gasteiger partial charge in [0.05, 0.1) is 19.8 Å². The molecule has 1 fully saturated rings. The minimum atomic E-state index is -1.37. The predicted molar refractivity (Wildman–Crippen MR) is 64.6 cm³/mol. The fraction of sp³-hybridized carbons (Fsp3) is 0.636. The molecule has 0 radical (unpaired) electrons. The molecule has 0 unspecified atom stereocenters. The van der Waals surface area contributed by atoms with Crippen LogP contribution in [0.4, 0.5) is 0 Å². The van der Waals surface area contributed by atoms with Gasteiger partial charge < -0.3 is 25.2 Å². The zero-order valence-electron chi connectivity index (χ0n) is 10.6. The van der Waals surface area contributed by atoms with Crippen molar-refractivity contribution in [3.05, 3.63) is 28.2 Å². The zero-order chi connectivity index (χ0) is 14.9. The summed E-state index contributed by atoms with van der Waals surface area (Å²) in [7, 11) is 0. The average molecular weight is 287 g/mol. The molecule has 0 saturated carbocycles. The lowest BCUT2D eigenvalue weighted by atomic mass is 10.1. The Balaban J connectivity index is 2.42. The summed E-state index contributed by atoms with van der Waals surface area (Å²) in [5.41, 5.74) is -0.742. The van der Waals surface area contributed by atoms with Crippen LogP contribution in [0.15, 0.2) is 17.1 Å². The van der Waals surface area contributed by atoms with Gasteiger partial charge in [0.25, 0.3) is 0 Å². The molecule has 2 heterocycles. The first-order valence-corrected chi connectivity index (χ1v) is 6.11. The molecule has 1 aliphatic heterocycles. The molecular formula is C11H17N3O6. The molecule has 0 aliphatic carbocycles. The number of aliphatic hydroxyl groups excluding tert-OH is 4. The van der Waals surface area contributed by atoms with Crippen LogP contribution in [0.25, 0.3) is 0 Å². The SMILES string of the molecule is N=c1ccn([C@@H]2O[C@H](CO)[C@@H](O)[C@H]2O)c(=O)n1CCO. The summed E-state index contributed by atoms with van der Waals surface area (Å²) >= 11 is 0. The van der Waals surface area contributed by atoms with E-state index in [1.807, 2.05) is 0 Å². The number of aromatic nitrogens is 2. The van der Waals surface area contributed by atoms with E-state index in [1.54, 1.807) is 0 Å². The van der Waals surface area contributed by atoms with Gasteiger partial charge in [-0.2, -0.15) is 0 Å². The third kappa shape index (κ3) is 2.41. The molecule has 0 aromatic carbocycles. The van der Waals surface area contributed by atoms with Gasteiger partial charge in [-0.25, -0.2) is 4.79 Å². The quantitative estimate of drug-likeness (QED) is 0.393. The highest BCUT2D eigenvalue weighted by molar-refractivity contribution is 4.93. The first-order chi connectivity index (χ1) is 9.51. The summed E-state index contributed by atoms with van der Waals surface area (Å²) in [4.78, 5) is 12.2. The second kappa shape index (κ2) is 5.85. The largest absolute Gasteiger partial charge is 0.395 e. The number of aliphatic hydroxyl groups is 4. The molecule has 1 aromatic heterocycles. The van der Waals surface area contributed by atoms with E-state index in [2.05, 4.69) is 0 Å². The van der Waals surface area contributed by atoms with Crippen LogP contribution in [-0.2, 0) is 11.3 Å². The van der Waals surface area contributed by atoms with Crippen LogP contribution in [0.2, 0.25) is 0 Å². The molecule has 4 atom stereocenters.